The normalized spacial score (nSPS) is 21.1. The van der Waals surface area contributed by atoms with Gasteiger partial charge in [0.05, 0.1) is 24.3 Å². The maximum absolute atomic E-state index is 13.1. The monoisotopic (exact) mass is 591 g/mol. The standard InChI is InChI=1S/C37H45N5O2/c1-3-5-26-16-18-42(19-17-26)25(2)28-12-14-30(15-13-28)29-10-8-27(9-11-29)24-44-35-7-4-6-34(35)41-37(43)33-20-31(23-40-36(33)38)32-21-39-22-32/h8-15,20-23,25-26,34-35H,3-7,16-19,24H2,1-2H3,(H2,38,40)(H,41,43)/t25-,34+,35+/m1/s1. The molecule has 6 rings (SSSR count). The van der Waals surface area contributed by atoms with Gasteiger partial charge in [0.1, 0.15) is 5.82 Å². The van der Waals surface area contributed by atoms with Crippen molar-refractivity contribution in [2.24, 2.45) is 10.9 Å². The van der Waals surface area contributed by atoms with Crippen LogP contribution < -0.4 is 11.1 Å². The quantitative estimate of drug-likeness (QED) is 0.246. The van der Waals surface area contributed by atoms with E-state index < -0.39 is 0 Å². The minimum absolute atomic E-state index is 0.0376. The molecule has 1 aliphatic carbocycles. The molecule has 1 saturated carbocycles. The molecule has 2 fully saturated rings. The molecule has 0 radical (unpaired) electrons. The number of aromatic nitrogens is 1. The van der Waals surface area contributed by atoms with Crippen LogP contribution in [-0.4, -0.2) is 47.2 Å². The number of nitrogens with one attached hydrogen (secondary N) is 1. The number of nitrogen functional groups attached to an aromatic ring is 1. The largest absolute Gasteiger partial charge is 0.383 e. The first-order chi connectivity index (χ1) is 21.5. The first kappa shape index (κ1) is 30.2. The number of anilines is 1. The van der Waals surface area contributed by atoms with E-state index in [0.29, 0.717) is 18.2 Å². The molecule has 0 bridgehead atoms. The van der Waals surface area contributed by atoms with Crippen LogP contribution >= 0.6 is 0 Å². The molecular formula is C37H45N5O2. The third kappa shape index (κ3) is 6.95. The van der Waals surface area contributed by atoms with E-state index in [4.69, 9.17) is 10.5 Å². The van der Waals surface area contributed by atoms with Crippen molar-refractivity contribution in [3.63, 3.8) is 0 Å². The number of piperidine rings is 1. The minimum Gasteiger partial charge on any atom is -0.383 e. The van der Waals surface area contributed by atoms with E-state index in [2.05, 4.69) is 82.6 Å². The Hall–Kier alpha value is -3.81. The molecule has 1 saturated heterocycles. The van der Waals surface area contributed by atoms with Crippen LogP contribution in [0.25, 0.3) is 16.7 Å². The number of hydrogen-bond donors (Lipinski definition) is 2. The van der Waals surface area contributed by atoms with E-state index >= 15 is 0 Å². The maximum atomic E-state index is 13.1. The predicted molar refractivity (Wildman–Crippen MR) is 178 cm³/mol. The molecule has 2 aliphatic heterocycles. The summed E-state index contributed by atoms with van der Waals surface area (Å²) >= 11 is 0. The number of rotatable bonds is 11. The van der Waals surface area contributed by atoms with Gasteiger partial charge in [-0.05, 0) is 86.4 Å². The number of carbonyl (C=O) groups is 1. The van der Waals surface area contributed by atoms with Crippen molar-refractivity contribution < 1.29 is 9.53 Å². The molecule has 3 heterocycles. The molecule has 2 aromatic carbocycles. The Labute approximate surface area is 261 Å². The van der Waals surface area contributed by atoms with Gasteiger partial charge in [-0.15, -0.1) is 0 Å². The van der Waals surface area contributed by atoms with Crippen molar-refractivity contribution in [1.29, 1.82) is 0 Å². The predicted octanol–water partition coefficient (Wildman–Crippen LogP) is 7.20. The minimum atomic E-state index is -0.212. The second-order valence-electron chi connectivity index (χ2n) is 12.6. The molecule has 3 atom stereocenters. The summed E-state index contributed by atoms with van der Waals surface area (Å²) < 4.78 is 6.33. The number of likely N-dealkylation sites (tertiary alicyclic amines) is 1. The van der Waals surface area contributed by atoms with Crippen LogP contribution in [0.15, 0.2) is 72.0 Å². The molecule has 7 nitrogen and oxygen atoms in total. The van der Waals surface area contributed by atoms with E-state index in [9.17, 15) is 4.79 Å². The van der Waals surface area contributed by atoms with Crippen molar-refractivity contribution in [2.45, 2.75) is 83.6 Å². The zero-order chi connectivity index (χ0) is 30.5. The zero-order valence-electron chi connectivity index (χ0n) is 26.0. The van der Waals surface area contributed by atoms with Gasteiger partial charge in [0.15, 0.2) is 0 Å². The smallest absolute Gasteiger partial charge is 0.255 e. The number of benzene rings is 2. The molecule has 0 spiro atoms. The fraction of sp³-hybridized carbons (Fsp3) is 0.432. The number of ether oxygens (including phenoxy) is 1. The first-order valence-electron chi connectivity index (χ1n) is 16.3. The Morgan fingerprint density at radius 2 is 1.73 bits per heavy atom. The van der Waals surface area contributed by atoms with Gasteiger partial charge < -0.3 is 15.8 Å². The van der Waals surface area contributed by atoms with Gasteiger partial charge >= 0.3 is 0 Å². The number of pyridine rings is 1. The molecule has 3 aliphatic rings. The summed E-state index contributed by atoms with van der Waals surface area (Å²) in [5.41, 5.74) is 13.2. The Morgan fingerprint density at radius 1 is 1.02 bits per heavy atom. The van der Waals surface area contributed by atoms with Gasteiger partial charge in [0.25, 0.3) is 5.91 Å². The third-order valence-corrected chi connectivity index (χ3v) is 9.73. The summed E-state index contributed by atoms with van der Waals surface area (Å²) in [5.74, 6) is 0.928. The van der Waals surface area contributed by atoms with E-state index in [-0.39, 0.29) is 23.9 Å². The second-order valence-corrected chi connectivity index (χ2v) is 12.6. The molecule has 7 heteroatoms. The first-order valence-corrected chi connectivity index (χ1v) is 16.3. The number of aliphatic imine (C=N–C) groups is 1. The molecule has 1 aromatic heterocycles. The maximum Gasteiger partial charge on any atom is 0.255 e. The number of hydrogen-bond acceptors (Lipinski definition) is 6. The van der Waals surface area contributed by atoms with Gasteiger partial charge in [0, 0.05) is 35.8 Å². The molecule has 230 valence electrons. The summed E-state index contributed by atoms with van der Waals surface area (Å²) in [4.78, 5) is 24.0. The van der Waals surface area contributed by atoms with Gasteiger partial charge in [-0.3, -0.25) is 14.7 Å². The molecular weight excluding hydrogens is 546 g/mol. The average Bonchev–Trinajstić information content (AvgIpc) is 3.47. The number of nitrogens with zero attached hydrogens (tertiary/aromatic N) is 3. The van der Waals surface area contributed by atoms with Gasteiger partial charge in [0.2, 0.25) is 0 Å². The van der Waals surface area contributed by atoms with Crippen LogP contribution in [0.4, 0.5) is 5.82 Å². The Kier molecular flexibility index (Phi) is 9.53. The Bertz CT molecular complexity index is 1490. The number of amides is 1. The molecule has 3 N–H and O–H groups in total. The van der Waals surface area contributed by atoms with Crippen molar-refractivity contribution >= 4 is 23.5 Å². The SMILES string of the molecule is CCCC1CCN([C@H](C)c2ccc(-c3ccc(CO[C@H]4CCC[C@@H]4NC(=O)c4cc(C5=CN=C5)cnc4N)cc3)cc2)CC1. The summed E-state index contributed by atoms with van der Waals surface area (Å²) in [6.07, 6.45) is 13.3. The Balaban J connectivity index is 1.01. The third-order valence-electron chi connectivity index (χ3n) is 9.73. The zero-order valence-corrected chi connectivity index (χ0v) is 26.0. The van der Waals surface area contributed by atoms with Crippen molar-refractivity contribution in [3.05, 3.63) is 89.2 Å². The van der Waals surface area contributed by atoms with Gasteiger partial charge in [-0.1, -0.05) is 68.3 Å². The average molecular weight is 592 g/mol. The van der Waals surface area contributed by atoms with Crippen LogP contribution in [0.1, 0.15) is 91.9 Å². The van der Waals surface area contributed by atoms with Crippen molar-refractivity contribution in [1.82, 2.24) is 15.2 Å². The molecule has 3 aromatic rings. The molecule has 1 amide bonds. The van der Waals surface area contributed by atoms with E-state index in [1.807, 2.05) is 0 Å². The summed E-state index contributed by atoms with van der Waals surface area (Å²) in [7, 11) is 0. The highest BCUT2D eigenvalue weighted by Gasteiger charge is 2.30. The summed E-state index contributed by atoms with van der Waals surface area (Å²) in [6, 6.07) is 19.9. The van der Waals surface area contributed by atoms with Crippen molar-refractivity contribution in [3.8, 4) is 11.1 Å². The van der Waals surface area contributed by atoms with Crippen LogP contribution in [-0.2, 0) is 11.3 Å². The van der Waals surface area contributed by atoms with E-state index in [1.165, 1.54) is 55.5 Å². The fourth-order valence-electron chi connectivity index (χ4n) is 6.85. The molecule has 44 heavy (non-hydrogen) atoms. The van der Waals surface area contributed by atoms with Gasteiger partial charge in [-0.25, -0.2) is 4.98 Å². The lowest BCUT2D eigenvalue weighted by atomic mass is 9.91. The van der Waals surface area contributed by atoms with Crippen LogP contribution in [0.3, 0.4) is 0 Å². The summed E-state index contributed by atoms with van der Waals surface area (Å²) in [6.45, 7) is 7.57. The number of carbonyl (C=O) groups excluding carboxylic acids is 1. The topological polar surface area (TPSA) is 92.8 Å². The van der Waals surface area contributed by atoms with Gasteiger partial charge in [-0.2, -0.15) is 0 Å². The number of allylic oxidation sites excluding steroid dienone is 1. The summed E-state index contributed by atoms with van der Waals surface area (Å²) in [5, 5.41) is 3.16. The highest BCUT2D eigenvalue weighted by Crippen LogP contribution is 2.31. The fourth-order valence-corrected chi connectivity index (χ4v) is 6.85. The van der Waals surface area contributed by atoms with E-state index in [1.54, 1.807) is 24.7 Å². The highest BCUT2D eigenvalue weighted by molar-refractivity contribution is 6.15. The lowest BCUT2D eigenvalue weighted by Gasteiger charge is -2.36. The van der Waals surface area contributed by atoms with Crippen molar-refractivity contribution in [2.75, 3.05) is 18.8 Å². The molecule has 0 unspecified atom stereocenters. The van der Waals surface area contributed by atoms with Crippen LogP contribution in [0, 0.1) is 5.92 Å². The lowest BCUT2D eigenvalue weighted by Crippen LogP contribution is -2.41. The van der Waals surface area contributed by atoms with Crippen LogP contribution in [0.5, 0.6) is 0 Å². The van der Waals surface area contributed by atoms with E-state index in [0.717, 1.165) is 41.9 Å². The lowest BCUT2D eigenvalue weighted by molar-refractivity contribution is 0.0272. The highest BCUT2D eigenvalue weighted by atomic mass is 16.5. The second kappa shape index (κ2) is 13.9. The number of nitrogens with two attached hydrogens (primary N) is 1. The van der Waals surface area contributed by atoms with Crippen LogP contribution in [0.2, 0.25) is 0 Å². The Morgan fingerprint density at radius 3 is 2.39 bits per heavy atom.